The number of rotatable bonds is 7. The molecule has 2 heterocycles. The summed E-state index contributed by atoms with van der Waals surface area (Å²) in [5.74, 6) is 2.20. The van der Waals surface area contributed by atoms with Crippen molar-refractivity contribution in [3.8, 4) is 0 Å². The molecule has 20 heavy (non-hydrogen) atoms. The molecule has 0 amide bonds. The Balaban J connectivity index is 1.97. The maximum Gasteiger partial charge on any atom is 0.118 e. The highest BCUT2D eigenvalue weighted by Crippen LogP contribution is 2.28. The number of nitrogens with zero attached hydrogens (tertiary/aromatic N) is 1. The van der Waals surface area contributed by atoms with Crippen LogP contribution in [0.3, 0.4) is 0 Å². The highest BCUT2D eigenvalue weighted by atomic mass is 16.3. The van der Waals surface area contributed by atoms with E-state index in [0.717, 1.165) is 37.2 Å². The fraction of sp³-hybridized carbons (Fsp3) is 0.765. The van der Waals surface area contributed by atoms with Crippen LogP contribution in [0.25, 0.3) is 0 Å². The highest BCUT2D eigenvalue weighted by molar-refractivity contribution is 5.21. The van der Waals surface area contributed by atoms with E-state index < -0.39 is 0 Å². The second-order valence-electron chi connectivity index (χ2n) is 6.13. The lowest BCUT2D eigenvalue weighted by molar-refractivity contribution is 0.174. The molecule has 1 fully saturated rings. The maximum absolute atomic E-state index is 5.97. The maximum atomic E-state index is 5.97. The van der Waals surface area contributed by atoms with Gasteiger partial charge in [0.15, 0.2) is 0 Å². The molecule has 114 valence electrons. The van der Waals surface area contributed by atoms with E-state index in [-0.39, 0.29) is 0 Å². The largest absolute Gasteiger partial charge is 0.465 e. The summed E-state index contributed by atoms with van der Waals surface area (Å²) in [7, 11) is 0. The van der Waals surface area contributed by atoms with Crippen molar-refractivity contribution in [3.05, 3.63) is 23.2 Å². The van der Waals surface area contributed by atoms with Gasteiger partial charge in [0.25, 0.3) is 0 Å². The molecule has 3 heteroatoms. The number of furan rings is 1. The molecule has 3 nitrogen and oxygen atoms in total. The van der Waals surface area contributed by atoms with Gasteiger partial charge in [0.1, 0.15) is 11.5 Å². The van der Waals surface area contributed by atoms with Crippen LogP contribution >= 0.6 is 0 Å². The molecule has 1 aliphatic heterocycles. The third kappa shape index (κ3) is 3.64. The molecular weight excluding hydrogens is 248 g/mol. The number of hydrogen-bond acceptors (Lipinski definition) is 3. The summed E-state index contributed by atoms with van der Waals surface area (Å²) in [6, 6.07) is 3.67. The Morgan fingerprint density at radius 2 is 2.15 bits per heavy atom. The van der Waals surface area contributed by atoms with Gasteiger partial charge in [-0.05, 0) is 52.1 Å². The molecule has 1 aromatic rings. The first kappa shape index (κ1) is 15.6. The van der Waals surface area contributed by atoms with Gasteiger partial charge >= 0.3 is 0 Å². The molecule has 2 rings (SSSR count). The minimum Gasteiger partial charge on any atom is -0.465 e. The average Bonchev–Trinajstić information content (AvgIpc) is 2.95. The topological polar surface area (TPSA) is 28.4 Å². The fourth-order valence-electron chi connectivity index (χ4n) is 3.27. The monoisotopic (exact) mass is 278 g/mol. The van der Waals surface area contributed by atoms with Crippen molar-refractivity contribution < 1.29 is 4.42 Å². The van der Waals surface area contributed by atoms with Gasteiger partial charge in [0, 0.05) is 24.2 Å². The van der Waals surface area contributed by atoms with Crippen molar-refractivity contribution in [1.82, 2.24) is 10.2 Å². The smallest absolute Gasteiger partial charge is 0.118 e. The lowest BCUT2D eigenvalue weighted by Crippen LogP contribution is -2.33. The van der Waals surface area contributed by atoms with Gasteiger partial charge in [0.05, 0.1) is 6.54 Å². The van der Waals surface area contributed by atoms with Gasteiger partial charge in [-0.1, -0.05) is 13.8 Å². The lowest BCUT2D eigenvalue weighted by Gasteiger charge is -2.26. The van der Waals surface area contributed by atoms with Crippen molar-refractivity contribution in [2.24, 2.45) is 0 Å². The Bertz CT molecular complexity index is 413. The summed E-state index contributed by atoms with van der Waals surface area (Å²) in [4.78, 5) is 2.61. The summed E-state index contributed by atoms with van der Waals surface area (Å²) >= 11 is 0. The SMILES string of the molecule is CCCNCc1cc(CN2C(C)CCC2CC)oc1C. The van der Waals surface area contributed by atoms with Crippen molar-refractivity contribution in [3.63, 3.8) is 0 Å². The van der Waals surface area contributed by atoms with Gasteiger partial charge in [-0.3, -0.25) is 4.90 Å². The van der Waals surface area contributed by atoms with Gasteiger partial charge in [-0.15, -0.1) is 0 Å². The van der Waals surface area contributed by atoms with Gasteiger partial charge in [-0.25, -0.2) is 0 Å². The van der Waals surface area contributed by atoms with Crippen LogP contribution in [-0.2, 0) is 13.1 Å². The summed E-state index contributed by atoms with van der Waals surface area (Å²) < 4.78 is 5.97. The van der Waals surface area contributed by atoms with Crippen LogP contribution in [-0.4, -0.2) is 23.5 Å². The fourth-order valence-corrected chi connectivity index (χ4v) is 3.27. The highest BCUT2D eigenvalue weighted by Gasteiger charge is 2.29. The quantitative estimate of drug-likeness (QED) is 0.768. The van der Waals surface area contributed by atoms with Crippen molar-refractivity contribution in [2.75, 3.05) is 6.54 Å². The Kier molecular flexibility index (Phi) is 5.67. The molecule has 0 spiro atoms. The van der Waals surface area contributed by atoms with E-state index in [0.29, 0.717) is 6.04 Å². The molecule has 2 unspecified atom stereocenters. The predicted octanol–water partition coefficient (Wildman–Crippen LogP) is 3.85. The minimum atomic E-state index is 0.687. The van der Waals surface area contributed by atoms with Crippen LogP contribution in [0.5, 0.6) is 0 Å². The lowest BCUT2D eigenvalue weighted by atomic mass is 10.1. The van der Waals surface area contributed by atoms with Crippen LogP contribution < -0.4 is 5.32 Å². The molecule has 2 atom stereocenters. The predicted molar refractivity (Wildman–Crippen MR) is 83.8 cm³/mol. The first-order valence-corrected chi connectivity index (χ1v) is 8.20. The van der Waals surface area contributed by atoms with Crippen molar-refractivity contribution >= 4 is 0 Å². The number of hydrogen-bond donors (Lipinski definition) is 1. The molecule has 0 saturated carbocycles. The van der Waals surface area contributed by atoms with Gasteiger partial charge < -0.3 is 9.73 Å². The summed E-state index contributed by atoms with van der Waals surface area (Å²) in [6.45, 7) is 11.9. The van der Waals surface area contributed by atoms with E-state index in [1.54, 1.807) is 0 Å². The van der Waals surface area contributed by atoms with E-state index in [2.05, 4.69) is 44.0 Å². The van der Waals surface area contributed by atoms with Gasteiger partial charge in [0.2, 0.25) is 0 Å². The minimum absolute atomic E-state index is 0.687. The Hall–Kier alpha value is -0.800. The van der Waals surface area contributed by atoms with Crippen LogP contribution in [0.4, 0.5) is 0 Å². The normalized spacial score (nSPS) is 23.6. The first-order chi connectivity index (χ1) is 9.65. The molecule has 0 bridgehead atoms. The third-order valence-corrected chi connectivity index (χ3v) is 4.58. The van der Waals surface area contributed by atoms with Gasteiger partial charge in [-0.2, -0.15) is 0 Å². The third-order valence-electron chi connectivity index (χ3n) is 4.58. The van der Waals surface area contributed by atoms with Crippen LogP contribution in [0.2, 0.25) is 0 Å². The Morgan fingerprint density at radius 1 is 1.35 bits per heavy atom. The molecule has 1 N–H and O–H groups in total. The van der Waals surface area contributed by atoms with E-state index in [1.165, 1.54) is 31.2 Å². The Morgan fingerprint density at radius 3 is 2.85 bits per heavy atom. The van der Waals surface area contributed by atoms with Crippen molar-refractivity contribution in [1.29, 1.82) is 0 Å². The standard InChI is InChI=1S/C17H30N2O/c1-5-9-18-11-15-10-17(20-14(15)4)12-19-13(3)7-8-16(19)6-2/h10,13,16,18H,5-9,11-12H2,1-4H3. The summed E-state index contributed by atoms with van der Waals surface area (Å²) in [5, 5.41) is 3.45. The summed E-state index contributed by atoms with van der Waals surface area (Å²) in [6.07, 6.45) is 5.08. The Labute approximate surface area is 123 Å². The van der Waals surface area contributed by atoms with Crippen LogP contribution in [0.15, 0.2) is 10.5 Å². The number of aryl methyl sites for hydroxylation is 1. The van der Waals surface area contributed by atoms with Crippen LogP contribution in [0.1, 0.15) is 63.5 Å². The first-order valence-electron chi connectivity index (χ1n) is 8.20. The number of nitrogens with one attached hydrogen (secondary N) is 1. The zero-order valence-corrected chi connectivity index (χ0v) is 13.5. The molecule has 0 aromatic carbocycles. The molecular formula is C17H30N2O. The van der Waals surface area contributed by atoms with Crippen molar-refractivity contribution in [2.45, 2.75) is 78.6 Å². The van der Waals surface area contributed by atoms with E-state index in [1.807, 2.05) is 0 Å². The second kappa shape index (κ2) is 7.28. The zero-order chi connectivity index (χ0) is 14.5. The molecule has 0 radical (unpaired) electrons. The number of likely N-dealkylation sites (tertiary alicyclic amines) is 1. The second-order valence-corrected chi connectivity index (χ2v) is 6.13. The van der Waals surface area contributed by atoms with E-state index in [9.17, 15) is 0 Å². The molecule has 1 aliphatic rings. The molecule has 1 aromatic heterocycles. The average molecular weight is 278 g/mol. The summed E-state index contributed by atoms with van der Waals surface area (Å²) in [5.41, 5.74) is 1.31. The molecule has 0 aliphatic carbocycles. The zero-order valence-electron chi connectivity index (χ0n) is 13.5. The van der Waals surface area contributed by atoms with E-state index in [4.69, 9.17) is 4.42 Å². The van der Waals surface area contributed by atoms with Crippen LogP contribution in [0, 0.1) is 6.92 Å². The van der Waals surface area contributed by atoms with E-state index >= 15 is 0 Å². The molecule has 1 saturated heterocycles.